The first kappa shape index (κ1) is 20.5. The van der Waals surface area contributed by atoms with Gasteiger partial charge in [0.25, 0.3) is 0 Å². The van der Waals surface area contributed by atoms with Crippen molar-refractivity contribution in [3.05, 3.63) is 0 Å². The van der Waals surface area contributed by atoms with Crippen LogP contribution in [0, 0.1) is 0 Å². The molecule has 6 heteroatoms. The van der Waals surface area contributed by atoms with Crippen molar-refractivity contribution in [3.63, 3.8) is 0 Å². The van der Waals surface area contributed by atoms with Gasteiger partial charge in [0, 0.05) is 25.2 Å². The molecule has 0 spiro atoms. The van der Waals surface area contributed by atoms with E-state index < -0.39 is 5.60 Å². The molecule has 0 aromatic heterocycles. The maximum absolute atomic E-state index is 12.5. The standard InChI is InChI=1S/C19H37N3O3/c1-6-21-9-7-8-16(13-21)20-15(2)12-17-14-24-11-10-22(17)18(23)25-19(3,4)5/h15-17,20H,6-14H2,1-5H3. The number of ether oxygens (including phenoxy) is 2. The van der Waals surface area contributed by atoms with Crippen LogP contribution >= 0.6 is 0 Å². The van der Waals surface area contributed by atoms with E-state index in [9.17, 15) is 4.79 Å². The molecule has 2 aliphatic rings. The normalized spacial score (nSPS) is 27.2. The molecule has 2 heterocycles. The van der Waals surface area contributed by atoms with Crippen molar-refractivity contribution in [3.8, 4) is 0 Å². The fraction of sp³-hybridized carbons (Fsp3) is 0.947. The van der Waals surface area contributed by atoms with Crippen LogP contribution < -0.4 is 5.32 Å². The fourth-order valence-electron chi connectivity index (χ4n) is 3.77. The number of amides is 1. The van der Waals surface area contributed by atoms with Crippen LogP contribution in [0.3, 0.4) is 0 Å². The number of likely N-dealkylation sites (tertiary alicyclic amines) is 1. The smallest absolute Gasteiger partial charge is 0.410 e. The third-order valence-corrected chi connectivity index (χ3v) is 4.95. The van der Waals surface area contributed by atoms with Crippen LogP contribution in [0.5, 0.6) is 0 Å². The number of hydrogen-bond donors (Lipinski definition) is 1. The second-order valence-corrected chi connectivity index (χ2v) is 8.44. The molecule has 3 atom stereocenters. The van der Waals surface area contributed by atoms with Gasteiger partial charge < -0.3 is 24.6 Å². The van der Waals surface area contributed by atoms with E-state index in [2.05, 4.69) is 24.1 Å². The Hall–Kier alpha value is -0.850. The fourth-order valence-corrected chi connectivity index (χ4v) is 3.77. The van der Waals surface area contributed by atoms with Gasteiger partial charge >= 0.3 is 6.09 Å². The lowest BCUT2D eigenvalue weighted by Crippen LogP contribution is -2.54. The molecule has 2 fully saturated rings. The number of rotatable bonds is 5. The molecule has 1 amide bonds. The number of hydrogen-bond acceptors (Lipinski definition) is 5. The summed E-state index contributed by atoms with van der Waals surface area (Å²) < 4.78 is 11.2. The van der Waals surface area contributed by atoms with Gasteiger partial charge in [0.2, 0.25) is 0 Å². The molecule has 0 aromatic carbocycles. The lowest BCUT2D eigenvalue weighted by molar-refractivity contribution is -0.0359. The molecule has 25 heavy (non-hydrogen) atoms. The lowest BCUT2D eigenvalue weighted by Gasteiger charge is -2.39. The Kier molecular flexibility index (Phi) is 7.52. The molecule has 3 unspecified atom stereocenters. The number of piperidine rings is 1. The quantitative estimate of drug-likeness (QED) is 0.821. The molecule has 0 radical (unpaired) electrons. The highest BCUT2D eigenvalue weighted by Crippen LogP contribution is 2.18. The molecule has 0 saturated carbocycles. The number of nitrogens with one attached hydrogen (secondary N) is 1. The highest BCUT2D eigenvalue weighted by molar-refractivity contribution is 5.68. The molecule has 2 aliphatic heterocycles. The van der Waals surface area contributed by atoms with Crippen LogP contribution in [0.2, 0.25) is 0 Å². The van der Waals surface area contributed by atoms with E-state index in [1.54, 1.807) is 0 Å². The molecular formula is C19H37N3O3. The van der Waals surface area contributed by atoms with Crippen LogP contribution in [0.1, 0.15) is 53.9 Å². The summed E-state index contributed by atoms with van der Waals surface area (Å²) in [6, 6.07) is 0.971. The number of carbonyl (C=O) groups excluding carboxylic acids is 1. The summed E-state index contributed by atoms with van der Waals surface area (Å²) in [5.74, 6) is 0. The minimum Gasteiger partial charge on any atom is -0.444 e. The van der Waals surface area contributed by atoms with E-state index in [0.717, 1.165) is 19.5 Å². The first-order valence-corrected chi connectivity index (χ1v) is 9.84. The van der Waals surface area contributed by atoms with Gasteiger partial charge in [0.05, 0.1) is 19.3 Å². The number of likely N-dealkylation sites (N-methyl/N-ethyl adjacent to an activating group) is 1. The Morgan fingerprint density at radius 3 is 2.80 bits per heavy atom. The summed E-state index contributed by atoms with van der Waals surface area (Å²) >= 11 is 0. The number of morpholine rings is 1. The molecule has 146 valence electrons. The Labute approximate surface area is 153 Å². The topological polar surface area (TPSA) is 54.0 Å². The molecule has 2 saturated heterocycles. The summed E-state index contributed by atoms with van der Waals surface area (Å²) in [4.78, 5) is 16.9. The molecule has 1 N–H and O–H groups in total. The van der Waals surface area contributed by atoms with E-state index in [-0.39, 0.29) is 12.1 Å². The maximum Gasteiger partial charge on any atom is 0.410 e. The minimum atomic E-state index is -0.463. The van der Waals surface area contributed by atoms with Crippen molar-refractivity contribution in [2.75, 3.05) is 39.4 Å². The summed E-state index contributed by atoms with van der Waals surface area (Å²) in [6.45, 7) is 15.4. The zero-order valence-electron chi connectivity index (χ0n) is 16.7. The second-order valence-electron chi connectivity index (χ2n) is 8.44. The maximum atomic E-state index is 12.5. The SMILES string of the molecule is CCN1CCCC(NC(C)CC2COCCN2C(=O)OC(C)(C)C)C1. The first-order chi connectivity index (χ1) is 11.8. The van der Waals surface area contributed by atoms with E-state index >= 15 is 0 Å². The molecule has 0 aliphatic carbocycles. The van der Waals surface area contributed by atoms with Crippen LogP contribution in [-0.4, -0.2) is 79.0 Å². The number of nitrogens with zero attached hydrogens (tertiary/aromatic N) is 2. The molecule has 2 rings (SSSR count). The van der Waals surface area contributed by atoms with Crippen LogP contribution in [0.25, 0.3) is 0 Å². The van der Waals surface area contributed by atoms with Crippen molar-refractivity contribution in [1.29, 1.82) is 0 Å². The molecule has 0 aromatic rings. The monoisotopic (exact) mass is 355 g/mol. The van der Waals surface area contributed by atoms with Gasteiger partial charge in [0.1, 0.15) is 5.60 Å². The molecule has 0 bridgehead atoms. The third-order valence-electron chi connectivity index (χ3n) is 4.95. The Bertz CT molecular complexity index is 425. The summed E-state index contributed by atoms with van der Waals surface area (Å²) in [7, 11) is 0. The lowest BCUT2D eigenvalue weighted by atomic mass is 10.0. The Balaban J connectivity index is 1.86. The third kappa shape index (κ3) is 6.76. The molecular weight excluding hydrogens is 318 g/mol. The summed E-state index contributed by atoms with van der Waals surface area (Å²) in [6.07, 6.45) is 3.16. The highest BCUT2D eigenvalue weighted by atomic mass is 16.6. The van der Waals surface area contributed by atoms with E-state index in [4.69, 9.17) is 9.47 Å². The van der Waals surface area contributed by atoms with Crippen LogP contribution in [-0.2, 0) is 9.47 Å². The summed E-state index contributed by atoms with van der Waals surface area (Å²) in [5, 5.41) is 3.76. The van der Waals surface area contributed by atoms with Gasteiger partial charge in [0.15, 0.2) is 0 Å². The Morgan fingerprint density at radius 2 is 2.12 bits per heavy atom. The average Bonchev–Trinajstić information content (AvgIpc) is 2.53. The largest absolute Gasteiger partial charge is 0.444 e. The van der Waals surface area contributed by atoms with Crippen molar-refractivity contribution < 1.29 is 14.3 Å². The first-order valence-electron chi connectivity index (χ1n) is 9.84. The summed E-state index contributed by atoms with van der Waals surface area (Å²) in [5.41, 5.74) is -0.463. The van der Waals surface area contributed by atoms with E-state index in [1.165, 1.54) is 19.4 Å². The van der Waals surface area contributed by atoms with Gasteiger partial charge in [-0.2, -0.15) is 0 Å². The predicted octanol–water partition coefficient (Wildman–Crippen LogP) is 2.47. The van der Waals surface area contributed by atoms with Crippen molar-refractivity contribution in [2.45, 2.75) is 77.6 Å². The van der Waals surface area contributed by atoms with Crippen molar-refractivity contribution >= 4 is 6.09 Å². The zero-order valence-corrected chi connectivity index (χ0v) is 16.7. The second kappa shape index (κ2) is 9.19. The van der Waals surface area contributed by atoms with Gasteiger partial charge in [-0.3, -0.25) is 0 Å². The predicted molar refractivity (Wildman–Crippen MR) is 99.9 cm³/mol. The van der Waals surface area contributed by atoms with Crippen LogP contribution in [0.15, 0.2) is 0 Å². The van der Waals surface area contributed by atoms with Crippen LogP contribution in [0.4, 0.5) is 4.79 Å². The average molecular weight is 356 g/mol. The van der Waals surface area contributed by atoms with E-state index in [1.807, 2.05) is 25.7 Å². The van der Waals surface area contributed by atoms with Gasteiger partial charge in [-0.25, -0.2) is 4.79 Å². The molecule has 6 nitrogen and oxygen atoms in total. The zero-order chi connectivity index (χ0) is 18.4. The highest BCUT2D eigenvalue weighted by Gasteiger charge is 2.32. The van der Waals surface area contributed by atoms with Crippen molar-refractivity contribution in [2.24, 2.45) is 0 Å². The van der Waals surface area contributed by atoms with Gasteiger partial charge in [-0.1, -0.05) is 6.92 Å². The number of carbonyl (C=O) groups is 1. The van der Waals surface area contributed by atoms with Gasteiger partial charge in [-0.05, 0) is 60.0 Å². The van der Waals surface area contributed by atoms with Gasteiger partial charge in [-0.15, -0.1) is 0 Å². The minimum absolute atomic E-state index is 0.0805. The van der Waals surface area contributed by atoms with Crippen molar-refractivity contribution in [1.82, 2.24) is 15.1 Å². The Morgan fingerprint density at radius 1 is 1.36 bits per heavy atom. The van der Waals surface area contributed by atoms with E-state index in [0.29, 0.717) is 31.8 Å².